The van der Waals surface area contributed by atoms with E-state index in [1.54, 1.807) is 6.92 Å². The molecule has 1 amide bonds. The van der Waals surface area contributed by atoms with Gasteiger partial charge in [-0.25, -0.2) is 0 Å². The zero-order chi connectivity index (χ0) is 13.6. The third-order valence-corrected chi connectivity index (χ3v) is 3.21. The van der Waals surface area contributed by atoms with Gasteiger partial charge in [-0.2, -0.15) is 0 Å². The largest absolute Gasteiger partial charge is 0.389 e. The average molecular weight is 315 g/mol. The Hall–Kier alpha value is -0.910. The summed E-state index contributed by atoms with van der Waals surface area (Å²) >= 11 is 3.33. The fourth-order valence-electron chi connectivity index (χ4n) is 1.31. The maximum atomic E-state index is 11.6. The smallest absolute Gasteiger partial charge is 0.238 e. The molecule has 0 radical (unpaired) electrons. The molecule has 1 atom stereocenters. The Bertz CT molecular complexity index is 390. The Morgan fingerprint density at radius 2 is 2.00 bits per heavy atom. The van der Waals surface area contributed by atoms with Gasteiger partial charge in [-0.3, -0.25) is 4.79 Å². The van der Waals surface area contributed by atoms with Gasteiger partial charge in [0.15, 0.2) is 0 Å². The fourth-order valence-corrected chi connectivity index (χ4v) is 1.57. The molecule has 3 N–H and O–H groups in total. The molecule has 0 spiro atoms. The van der Waals surface area contributed by atoms with Gasteiger partial charge in [0.1, 0.15) is 0 Å². The fraction of sp³-hybridized carbons (Fsp3) is 0.462. The molecular formula is C13H19BrN2O2. The second-order valence-corrected chi connectivity index (χ2v) is 5.42. The summed E-state index contributed by atoms with van der Waals surface area (Å²) in [7, 11) is 0. The predicted octanol–water partition coefficient (Wildman–Crippen LogP) is 2.14. The van der Waals surface area contributed by atoms with Gasteiger partial charge in [-0.1, -0.05) is 22.9 Å². The highest BCUT2D eigenvalue weighted by Crippen LogP contribution is 2.13. The summed E-state index contributed by atoms with van der Waals surface area (Å²) < 4.78 is 0.970. The molecule has 0 aromatic heterocycles. The first-order valence-electron chi connectivity index (χ1n) is 5.91. The monoisotopic (exact) mass is 314 g/mol. The second kappa shape index (κ2) is 6.87. The summed E-state index contributed by atoms with van der Waals surface area (Å²) in [5, 5.41) is 15.5. The Morgan fingerprint density at radius 1 is 1.39 bits per heavy atom. The maximum absolute atomic E-state index is 11.6. The number of carbonyl (C=O) groups excluding carboxylic acids is 1. The van der Waals surface area contributed by atoms with Crippen LogP contribution in [0.25, 0.3) is 0 Å². The van der Waals surface area contributed by atoms with Crippen LogP contribution in [-0.2, 0) is 4.79 Å². The second-order valence-electron chi connectivity index (χ2n) is 4.51. The van der Waals surface area contributed by atoms with Crippen LogP contribution < -0.4 is 10.6 Å². The van der Waals surface area contributed by atoms with Crippen molar-refractivity contribution >= 4 is 27.5 Å². The molecule has 1 aromatic carbocycles. The number of aliphatic hydroxyl groups is 1. The van der Waals surface area contributed by atoms with Crippen molar-refractivity contribution in [1.29, 1.82) is 0 Å². The Morgan fingerprint density at radius 3 is 2.56 bits per heavy atom. The van der Waals surface area contributed by atoms with E-state index in [1.165, 1.54) is 0 Å². The molecule has 0 aliphatic carbocycles. The predicted molar refractivity (Wildman–Crippen MR) is 76.6 cm³/mol. The Balaban J connectivity index is 2.32. The van der Waals surface area contributed by atoms with Crippen LogP contribution in [0.5, 0.6) is 0 Å². The van der Waals surface area contributed by atoms with Crippen molar-refractivity contribution in [3.05, 3.63) is 28.7 Å². The van der Waals surface area contributed by atoms with Gasteiger partial charge >= 0.3 is 0 Å². The first kappa shape index (κ1) is 15.1. The normalized spacial score (nSPS) is 14.0. The molecular weight excluding hydrogens is 296 g/mol. The van der Waals surface area contributed by atoms with Crippen LogP contribution in [0.1, 0.15) is 20.3 Å². The van der Waals surface area contributed by atoms with Gasteiger partial charge in [0.25, 0.3) is 0 Å². The Kier molecular flexibility index (Phi) is 5.78. The summed E-state index contributed by atoms with van der Waals surface area (Å²) in [6, 6.07) is 7.38. The lowest BCUT2D eigenvalue weighted by Crippen LogP contribution is -2.40. The van der Waals surface area contributed by atoms with E-state index >= 15 is 0 Å². The SMILES string of the molecule is CCC(C)(O)CNCC(=O)Nc1ccc(Br)cc1. The van der Waals surface area contributed by atoms with E-state index in [0.29, 0.717) is 13.0 Å². The number of rotatable bonds is 6. The van der Waals surface area contributed by atoms with E-state index in [0.717, 1.165) is 10.2 Å². The van der Waals surface area contributed by atoms with E-state index in [1.807, 2.05) is 31.2 Å². The van der Waals surface area contributed by atoms with E-state index < -0.39 is 5.60 Å². The summed E-state index contributed by atoms with van der Waals surface area (Å²) in [6.07, 6.45) is 0.647. The standard InChI is InChI=1S/C13H19BrN2O2/c1-3-13(2,18)9-15-8-12(17)16-11-6-4-10(14)5-7-11/h4-7,15,18H,3,8-9H2,1-2H3,(H,16,17). The van der Waals surface area contributed by atoms with Crippen molar-refractivity contribution in [3.63, 3.8) is 0 Å². The summed E-state index contributed by atoms with van der Waals surface area (Å²) in [5.41, 5.74) is -0.00927. The van der Waals surface area contributed by atoms with Crippen LogP contribution >= 0.6 is 15.9 Å². The molecule has 1 rings (SSSR count). The molecule has 0 heterocycles. The number of benzene rings is 1. The number of anilines is 1. The minimum absolute atomic E-state index is 0.121. The van der Waals surface area contributed by atoms with Gasteiger partial charge in [0.2, 0.25) is 5.91 Å². The van der Waals surface area contributed by atoms with Crippen LogP contribution in [0.3, 0.4) is 0 Å². The summed E-state index contributed by atoms with van der Waals surface area (Å²) in [5.74, 6) is -0.121. The van der Waals surface area contributed by atoms with Crippen LogP contribution in [0.15, 0.2) is 28.7 Å². The molecule has 5 heteroatoms. The molecule has 100 valence electrons. The van der Waals surface area contributed by atoms with Crippen molar-refractivity contribution < 1.29 is 9.90 Å². The molecule has 0 aliphatic heterocycles. The third-order valence-electron chi connectivity index (χ3n) is 2.68. The van der Waals surface area contributed by atoms with Gasteiger partial charge in [-0.05, 0) is 37.6 Å². The van der Waals surface area contributed by atoms with Gasteiger partial charge < -0.3 is 15.7 Å². The molecule has 0 fully saturated rings. The van der Waals surface area contributed by atoms with Crippen LogP contribution in [0, 0.1) is 0 Å². The lowest BCUT2D eigenvalue weighted by atomic mass is 10.0. The maximum Gasteiger partial charge on any atom is 0.238 e. The minimum Gasteiger partial charge on any atom is -0.389 e. The molecule has 0 saturated heterocycles. The molecule has 0 aliphatic rings. The third kappa shape index (κ3) is 5.62. The zero-order valence-electron chi connectivity index (χ0n) is 10.7. The quantitative estimate of drug-likeness (QED) is 0.754. The number of nitrogens with one attached hydrogen (secondary N) is 2. The summed E-state index contributed by atoms with van der Waals surface area (Å²) in [6.45, 7) is 4.24. The molecule has 4 nitrogen and oxygen atoms in total. The van der Waals surface area contributed by atoms with Crippen LogP contribution in [-0.4, -0.2) is 29.7 Å². The molecule has 18 heavy (non-hydrogen) atoms. The van der Waals surface area contributed by atoms with E-state index in [-0.39, 0.29) is 12.5 Å². The van der Waals surface area contributed by atoms with Gasteiger partial charge in [0.05, 0.1) is 12.1 Å². The number of hydrogen-bond acceptors (Lipinski definition) is 3. The van der Waals surface area contributed by atoms with Crippen molar-refractivity contribution in [1.82, 2.24) is 5.32 Å². The number of hydrogen-bond donors (Lipinski definition) is 3. The van der Waals surface area contributed by atoms with Gasteiger partial charge in [-0.15, -0.1) is 0 Å². The lowest BCUT2D eigenvalue weighted by molar-refractivity contribution is -0.115. The average Bonchev–Trinajstić information content (AvgIpc) is 2.32. The van der Waals surface area contributed by atoms with Crippen LogP contribution in [0.2, 0.25) is 0 Å². The van der Waals surface area contributed by atoms with E-state index in [9.17, 15) is 9.90 Å². The van der Waals surface area contributed by atoms with Gasteiger partial charge in [0, 0.05) is 16.7 Å². The number of halogens is 1. The minimum atomic E-state index is -0.766. The highest BCUT2D eigenvalue weighted by atomic mass is 79.9. The molecule has 1 unspecified atom stereocenters. The highest BCUT2D eigenvalue weighted by molar-refractivity contribution is 9.10. The van der Waals surface area contributed by atoms with Crippen molar-refractivity contribution in [2.45, 2.75) is 25.9 Å². The van der Waals surface area contributed by atoms with Crippen LogP contribution in [0.4, 0.5) is 5.69 Å². The van der Waals surface area contributed by atoms with Crippen molar-refractivity contribution in [2.24, 2.45) is 0 Å². The van der Waals surface area contributed by atoms with Crippen molar-refractivity contribution in [2.75, 3.05) is 18.4 Å². The van der Waals surface area contributed by atoms with E-state index in [2.05, 4.69) is 26.6 Å². The summed E-state index contributed by atoms with van der Waals surface area (Å²) in [4.78, 5) is 11.6. The topological polar surface area (TPSA) is 61.4 Å². The first-order chi connectivity index (χ1) is 8.43. The number of carbonyl (C=O) groups is 1. The van der Waals surface area contributed by atoms with Crippen molar-refractivity contribution in [3.8, 4) is 0 Å². The van der Waals surface area contributed by atoms with E-state index in [4.69, 9.17) is 0 Å². The lowest BCUT2D eigenvalue weighted by Gasteiger charge is -2.21. The zero-order valence-corrected chi connectivity index (χ0v) is 12.3. The molecule has 1 aromatic rings. The Labute approximate surface area is 116 Å². The molecule has 0 bridgehead atoms. The highest BCUT2D eigenvalue weighted by Gasteiger charge is 2.16. The number of amides is 1. The molecule has 0 saturated carbocycles. The first-order valence-corrected chi connectivity index (χ1v) is 6.71.